The first-order valence-corrected chi connectivity index (χ1v) is 26.5. The topological polar surface area (TPSA) is 9.86 Å². The Kier molecular flexibility index (Phi) is 11.0. The number of nitrogens with zero attached hydrogens (tertiary/aromatic N) is 2. The molecule has 8 aromatic carbocycles. The number of benzene rings is 8. The molecule has 0 atom stereocenters. The third-order valence-corrected chi connectivity index (χ3v) is 16.5. The van der Waals surface area contributed by atoms with Crippen molar-refractivity contribution in [3.8, 4) is 11.4 Å². The van der Waals surface area contributed by atoms with Gasteiger partial charge in [-0.05, 0) is 144 Å². The third kappa shape index (κ3) is 7.70. The SMILES string of the molecule is Cc1cc(-n2c3ccc(C(C)(C)C)cc3c3cc(C(C)(C)C)ccc32)cc(C)c1B1c2ccccc2B(c2c(C)cc(-n3c4ccc(C(C)(C)C)cc4c4cc(C(C)(C)C)ccc43)cc2C)c2ccccc21. The van der Waals surface area contributed by atoms with Gasteiger partial charge in [-0.1, -0.05) is 211 Å². The number of hydrogen-bond donors (Lipinski definition) is 0. The first kappa shape index (κ1) is 47.8. The van der Waals surface area contributed by atoms with Gasteiger partial charge >= 0.3 is 0 Å². The lowest BCUT2D eigenvalue weighted by Gasteiger charge is -2.34. The van der Waals surface area contributed by atoms with E-state index in [-0.39, 0.29) is 35.1 Å². The van der Waals surface area contributed by atoms with E-state index in [1.54, 1.807) is 0 Å². The summed E-state index contributed by atoms with van der Waals surface area (Å²) in [6.07, 6.45) is 0. The lowest BCUT2D eigenvalue weighted by Crippen LogP contribution is -2.75. The van der Waals surface area contributed by atoms with Gasteiger partial charge in [0.15, 0.2) is 0 Å². The molecule has 0 radical (unpaired) electrons. The van der Waals surface area contributed by atoms with Crippen LogP contribution in [0.2, 0.25) is 0 Å². The van der Waals surface area contributed by atoms with Crippen LogP contribution in [-0.4, -0.2) is 22.6 Å². The average Bonchev–Trinajstić information content (AvgIpc) is 3.82. The van der Waals surface area contributed by atoms with Gasteiger partial charge in [0.05, 0.1) is 22.1 Å². The highest BCUT2D eigenvalue weighted by molar-refractivity contribution is 7.11. The van der Waals surface area contributed by atoms with Crippen molar-refractivity contribution in [2.45, 2.75) is 132 Å². The molecule has 0 saturated heterocycles. The van der Waals surface area contributed by atoms with Gasteiger partial charge in [-0.2, -0.15) is 0 Å². The maximum atomic E-state index is 2.52. The van der Waals surface area contributed by atoms with Crippen LogP contribution in [-0.2, 0) is 21.7 Å². The minimum Gasteiger partial charge on any atom is -0.309 e. The molecule has 360 valence electrons. The first-order valence-electron chi connectivity index (χ1n) is 26.5. The largest absolute Gasteiger partial charge is 0.309 e. The average molecular weight is 939 g/mol. The number of fused-ring (bicyclic) bond motifs is 8. The van der Waals surface area contributed by atoms with Crippen LogP contribution in [0.15, 0.2) is 146 Å². The van der Waals surface area contributed by atoms with Crippen LogP contribution in [0.5, 0.6) is 0 Å². The summed E-state index contributed by atoms with van der Waals surface area (Å²) in [4.78, 5) is 0. The molecule has 4 heteroatoms. The van der Waals surface area contributed by atoms with Gasteiger partial charge < -0.3 is 9.13 Å². The molecule has 72 heavy (non-hydrogen) atoms. The predicted octanol–water partition coefficient (Wildman–Crippen LogP) is 13.7. The third-order valence-electron chi connectivity index (χ3n) is 16.5. The highest BCUT2D eigenvalue weighted by Gasteiger charge is 2.40. The Balaban J connectivity index is 1.05. The molecule has 0 unspecified atom stereocenters. The Morgan fingerprint density at radius 3 is 0.722 bits per heavy atom. The zero-order valence-electron chi connectivity index (χ0n) is 45.9. The van der Waals surface area contributed by atoms with Crippen molar-refractivity contribution in [1.29, 1.82) is 0 Å². The molecule has 3 heterocycles. The normalized spacial score (nSPS) is 13.5. The molecule has 0 saturated carbocycles. The molecular weight excluding hydrogens is 866 g/mol. The monoisotopic (exact) mass is 939 g/mol. The van der Waals surface area contributed by atoms with Gasteiger partial charge in [0.1, 0.15) is 0 Å². The van der Waals surface area contributed by atoms with E-state index in [1.807, 2.05) is 0 Å². The van der Waals surface area contributed by atoms with E-state index in [1.165, 1.54) is 132 Å². The van der Waals surface area contributed by atoms with E-state index in [0.717, 1.165) is 0 Å². The van der Waals surface area contributed by atoms with Gasteiger partial charge in [-0.3, -0.25) is 0 Å². The summed E-state index contributed by atoms with van der Waals surface area (Å²) in [5, 5.41) is 5.29. The summed E-state index contributed by atoms with van der Waals surface area (Å²) in [6.45, 7) is 37.4. The first-order chi connectivity index (χ1) is 33.9. The number of hydrogen-bond acceptors (Lipinski definition) is 0. The number of aryl methyl sites for hydroxylation is 4. The molecule has 0 fully saturated rings. The smallest absolute Gasteiger partial charge is 0.240 e. The number of rotatable bonds is 4. The molecule has 1 aliphatic heterocycles. The van der Waals surface area contributed by atoms with Crippen molar-refractivity contribution < 1.29 is 0 Å². The van der Waals surface area contributed by atoms with Crippen LogP contribution < -0.4 is 32.8 Å². The Morgan fingerprint density at radius 1 is 0.292 bits per heavy atom. The van der Waals surface area contributed by atoms with Gasteiger partial charge in [-0.15, -0.1) is 0 Å². The molecule has 10 aromatic rings. The minimum absolute atomic E-state index is 0.0486. The predicted molar refractivity (Wildman–Crippen MR) is 318 cm³/mol. The maximum absolute atomic E-state index is 2.52. The Labute approximate surface area is 430 Å². The summed E-state index contributed by atoms with van der Waals surface area (Å²) in [5.74, 6) is 0. The van der Waals surface area contributed by atoms with Gasteiger partial charge in [0.25, 0.3) is 0 Å². The zero-order valence-corrected chi connectivity index (χ0v) is 45.9. The zero-order chi connectivity index (χ0) is 51.1. The summed E-state index contributed by atoms with van der Waals surface area (Å²) in [5.41, 5.74) is 26.8. The van der Waals surface area contributed by atoms with Crippen LogP contribution in [0.4, 0.5) is 0 Å². The fourth-order valence-corrected chi connectivity index (χ4v) is 12.6. The molecule has 0 amide bonds. The lowest BCUT2D eigenvalue weighted by molar-refractivity contribution is 0.590. The summed E-state index contributed by atoms with van der Waals surface area (Å²) in [6, 6.07) is 57.2. The van der Waals surface area contributed by atoms with Crippen LogP contribution >= 0.6 is 0 Å². The Morgan fingerprint density at radius 2 is 0.514 bits per heavy atom. The summed E-state index contributed by atoms with van der Waals surface area (Å²) >= 11 is 0. The van der Waals surface area contributed by atoms with E-state index in [2.05, 4.69) is 266 Å². The van der Waals surface area contributed by atoms with E-state index in [4.69, 9.17) is 0 Å². The fraction of sp³-hybridized carbons (Fsp3) is 0.294. The van der Waals surface area contributed by atoms with Crippen LogP contribution in [0, 0.1) is 27.7 Å². The van der Waals surface area contributed by atoms with Crippen molar-refractivity contribution >= 4 is 89.8 Å². The summed E-state index contributed by atoms with van der Waals surface area (Å²) < 4.78 is 5.04. The lowest BCUT2D eigenvalue weighted by atomic mass is 9.20. The molecule has 0 aliphatic carbocycles. The van der Waals surface area contributed by atoms with Crippen molar-refractivity contribution in [2.24, 2.45) is 0 Å². The fourth-order valence-electron chi connectivity index (χ4n) is 12.6. The quantitative estimate of drug-likeness (QED) is 0.156. The Bertz CT molecular complexity index is 3360. The second kappa shape index (κ2) is 16.5. The second-order valence-electron chi connectivity index (χ2n) is 25.7. The van der Waals surface area contributed by atoms with E-state index in [0.29, 0.717) is 0 Å². The van der Waals surface area contributed by atoms with Crippen LogP contribution in [0.25, 0.3) is 55.0 Å². The van der Waals surface area contributed by atoms with Crippen molar-refractivity contribution in [1.82, 2.24) is 9.13 Å². The highest BCUT2D eigenvalue weighted by Crippen LogP contribution is 2.40. The molecule has 2 nitrogen and oxygen atoms in total. The molecule has 2 aromatic heterocycles. The minimum atomic E-state index is 0.0486. The number of aromatic nitrogens is 2. The molecule has 11 rings (SSSR count). The Hall–Kier alpha value is -6.51. The van der Waals surface area contributed by atoms with Gasteiger partial charge in [0.2, 0.25) is 13.4 Å². The van der Waals surface area contributed by atoms with E-state index in [9.17, 15) is 0 Å². The molecule has 0 bridgehead atoms. The van der Waals surface area contributed by atoms with Crippen molar-refractivity contribution in [2.75, 3.05) is 0 Å². The molecule has 0 N–H and O–H groups in total. The second-order valence-corrected chi connectivity index (χ2v) is 25.7. The van der Waals surface area contributed by atoms with Crippen LogP contribution in [0.1, 0.15) is 128 Å². The molecular formula is C68H72B2N2. The van der Waals surface area contributed by atoms with Gasteiger partial charge in [0, 0.05) is 32.9 Å². The van der Waals surface area contributed by atoms with Crippen molar-refractivity contribution in [3.05, 3.63) is 190 Å². The van der Waals surface area contributed by atoms with Crippen molar-refractivity contribution in [3.63, 3.8) is 0 Å². The van der Waals surface area contributed by atoms with Gasteiger partial charge in [-0.25, -0.2) is 0 Å². The molecule has 1 aliphatic rings. The van der Waals surface area contributed by atoms with Crippen LogP contribution in [0.3, 0.4) is 0 Å². The molecule has 0 spiro atoms. The van der Waals surface area contributed by atoms with E-state index < -0.39 is 0 Å². The summed E-state index contributed by atoms with van der Waals surface area (Å²) in [7, 11) is 0. The highest BCUT2D eigenvalue weighted by atomic mass is 15.0. The standard InChI is InChI=1S/C68H72B2N2/c1-41-33-49(71-59-29-25-45(65(5,6)7)37-51(59)52-38-46(66(8,9)10)26-30-60(52)71)34-42(2)63(41)69-55-21-17-19-23-57(55)70(58-24-20-18-22-56(58)69)64-43(3)35-50(36-44(64)4)72-61-31-27-47(67(11,12)13)39-53(61)54-40-48(68(14,15)16)28-32-62(54)72/h17-40H,1-16H3. The maximum Gasteiger partial charge on any atom is 0.240 e. The van der Waals surface area contributed by atoms with E-state index >= 15 is 0 Å².